The van der Waals surface area contributed by atoms with Gasteiger partial charge in [-0.3, -0.25) is 19.2 Å². The van der Waals surface area contributed by atoms with Gasteiger partial charge in [0.05, 0.1) is 40.4 Å². The molecule has 0 aliphatic carbocycles. The predicted molar refractivity (Wildman–Crippen MR) is 178 cm³/mol. The van der Waals surface area contributed by atoms with E-state index in [1.165, 1.54) is 63.8 Å². The van der Waals surface area contributed by atoms with Crippen molar-refractivity contribution < 1.29 is 32.3 Å². The van der Waals surface area contributed by atoms with Gasteiger partial charge in [0.2, 0.25) is 0 Å². The average molecular weight is 732 g/mol. The number of methoxy groups -OCH3 is 2. The van der Waals surface area contributed by atoms with E-state index in [9.17, 15) is 23.3 Å². The minimum atomic E-state index is -4.44. The highest BCUT2D eigenvalue weighted by molar-refractivity contribution is 9.10. The van der Waals surface area contributed by atoms with Crippen molar-refractivity contribution in [2.75, 3.05) is 25.1 Å². The minimum absolute atomic E-state index is 0.129. The second-order valence-electron chi connectivity index (χ2n) is 9.62. The van der Waals surface area contributed by atoms with Gasteiger partial charge < -0.3 is 14.2 Å². The van der Waals surface area contributed by atoms with Gasteiger partial charge in [0.15, 0.2) is 11.5 Å². The highest BCUT2D eigenvalue weighted by atomic mass is 79.9. The first-order valence-corrected chi connectivity index (χ1v) is 16.0. The Hall–Kier alpha value is -4.66. The number of carbonyl (C=O) groups is 1. The molecule has 0 atom stereocenters. The Labute approximate surface area is 278 Å². The van der Waals surface area contributed by atoms with Crippen molar-refractivity contribution >= 4 is 61.1 Å². The Morgan fingerprint density at radius 3 is 2.43 bits per heavy atom. The molecule has 0 saturated carbocycles. The summed E-state index contributed by atoms with van der Waals surface area (Å²) < 4.78 is 45.4. The van der Waals surface area contributed by atoms with Crippen LogP contribution in [0.25, 0.3) is 0 Å². The topological polar surface area (TPSA) is 150 Å². The molecule has 0 bridgehead atoms. The summed E-state index contributed by atoms with van der Waals surface area (Å²) in [5.41, 5.74) is 3.70. The maximum atomic E-state index is 13.7. The number of aryl methyl sites for hydroxylation is 1. The standard InChI is InChI=1S/C31H28BrClN4O8S/c1-20-8-13-25(16-28(20)37(39)40)46(41,42)36(23-9-11-24(43-2)12-10-23)18-30(38)35-34-17-21-14-26(32)31(29(15-21)44-3)45-19-22-6-4-5-7-27(22)33/h4-17H,18-19H2,1-3H3,(H,35,38)/b34-17-. The van der Waals surface area contributed by atoms with Crippen molar-refractivity contribution in [3.8, 4) is 17.2 Å². The monoisotopic (exact) mass is 730 g/mol. The van der Waals surface area contributed by atoms with Crippen LogP contribution in [0.4, 0.5) is 11.4 Å². The van der Waals surface area contributed by atoms with E-state index < -0.39 is 27.4 Å². The van der Waals surface area contributed by atoms with Gasteiger partial charge in [0.1, 0.15) is 18.9 Å². The van der Waals surface area contributed by atoms with Crippen LogP contribution >= 0.6 is 27.5 Å². The van der Waals surface area contributed by atoms with E-state index >= 15 is 0 Å². The number of hydrogen-bond donors (Lipinski definition) is 1. The number of halogens is 2. The summed E-state index contributed by atoms with van der Waals surface area (Å²) in [5.74, 6) is 0.504. The number of amides is 1. The average Bonchev–Trinajstić information content (AvgIpc) is 3.03. The molecule has 0 aliphatic heterocycles. The normalized spacial score (nSPS) is 11.2. The van der Waals surface area contributed by atoms with Crippen molar-refractivity contribution in [2.24, 2.45) is 5.10 Å². The molecule has 15 heteroatoms. The second kappa shape index (κ2) is 15.1. The maximum Gasteiger partial charge on any atom is 0.273 e. The molecular formula is C31H28BrClN4O8S. The van der Waals surface area contributed by atoms with Crippen molar-refractivity contribution in [1.29, 1.82) is 0 Å². The van der Waals surface area contributed by atoms with Crippen LogP contribution in [0.5, 0.6) is 17.2 Å². The molecule has 1 N–H and O–H groups in total. The van der Waals surface area contributed by atoms with E-state index in [1.807, 2.05) is 18.2 Å². The van der Waals surface area contributed by atoms with Gasteiger partial charge in [0, 0.05) is 22.2 Å². The molecule has 0 aromatic heterocycles. The molecule has 240 valence electrons. The molecule has 0 fully saturated rings. The first-order valence-electron chi connectivity index (χ1n) is 13.4. The van der Waals surface area contributed by atoms with E-state index in [-0.39, 0.29) is 28.4 Å². The van der Waals surface area contributed by atoms with Crippen molar-refractivity contribution in [2.45, 2.75) is 18.4 Å². The van der Waals surface area contributed by atoms with Gasteiger partial charge in [-0.2, -0.15) is 5.10 Å². The zero-order valence-corrected chi connectivity index (χ0v) is 27.9. The first-order chi connectivity index (χ1) is 21.9. The minimum Gasteiger partial charge on any atom is -0.497 e. The maximum absolute atomic E-state index is 13.7. The number of nitrogens with one attached hydrogen (secondary N) is 1. The van der Waals surface area contributed by atoms with Crippen LogP contribution in [0.2, 0.25) is 5.02 Å². The van der Waals surface area contributed by atoms with Gasteiger partial charge in [-0.1, -0.05) is 35.9 Å². The summed E-state index contributed by atoms with van der Waals surface area (Å²) in [5, 5.41) is 16.0. The Morgan fingerprint density at radius 1 is 1.07 bits per heavy atom. The van der Waals surface area contributed by atoms with Crippen molar-refractivity contribution in [3.05, 3.63) is 115 Å². The largest absolute Gasteiger partial charge is 0.497 e. The molecule has 46 heavy (non-hydrogen) atoms. The molecule has 0 heterocycles. The zero-order chi connectivity index (χ0) is 33.4. The summed E-state index contributed by atoms with van der Waals surface area (Å²) >= 11 is 9.70. The van der Waals surface area contributed by atoms with Crippen molar-refractivity contribution in [3.63, 3.8) is 0 Å². The van der Waals surface area contributed by atoms with Crippen LogP contribution in [0.3, 0.4) is 0 Å². The third kappa shape index (κ3) is 8.13. The number of anilines is 1. The highest BCUT2D eigenvalue weighted by Crippen LogP contribution is 2.37. The molecule has 0 aliphatic rings. The van der Waals surface area contributed by atoms with E-state index in [1.54, 1.807) is 18.2 Å². The number of rotatable bonds is 13. The summed E-state index contributed by atoms with van der Waals surface area (Å²) in [4.78, 5) is 23.5. The van der Waals surface area contributed by atoms with E-state index in [0.717, 1.165) is 15.9 Å². The van der Waals surface area contributed by atoms with Crippen molar-refractivity contribution in [1.82, 2.24) is 5.43 Å². The molecule has 0 radical (unpaired) electrons. The molecule has 1 amide bonds. The lowest BCUT2D eigenvalue weighted by Gasteiger charge is -2.24. The summed E-state index contributed by atoms with van der Waals surface area (Å²) in [6.45, 7) is 1.01. The number of hydrazone groups is 1. The predicted octanol–water partition coefficient (Wildman–Crippen LogP) is 6.26. The number of sulfonamides is 1. The van der Waals surface area contributed by atoms with Gasteiger partial charge in [0.25, 0.3) is 21.6 Å². The number of nitro groups is 1. The molecule has 12 nitrogen and oxygen atoms in total. The van der Waals surface area contributed by atoms with E-state index in [0.29, 0.717) is 32.3 Å². The lowest BCUT2D eigenvalue weighted by molar-refractivity contribution is -0.385. The van der Waals surface area contributed by atoms with Gasteiger partial charge in [-0.05, 0) is 76.9 Å². The lowest BCUT2D eigenvalue weighted by Crippen LogP contribution is -2.39. The molecule has 0 unspecified atom stereocenters. The fraction of sp³-hybridized carbons (Fsp3) is 0.161. The van der Waals surface area contributed by atoms with E-state index in [2.05, 4.69) is 26.5 Å². The Kier molecular flexibility index (Phi) is 11.2. The molecule has 0 spiro atoms. The Bertz CT molecular complexity index is 1890. The molecule has 4 aromatic rings. The summed E-state index contributed by atoms with van der Waals surface area (Å²) in [6.07, 6.45) is 1.35. The summed E-state index contributed by atoms with van der Waals surface area (Å²) in [6, 6.07) is 20.1. The smallest absolute Gasteiger partial charge is 0.273 e. The Morgan fingerprint density at radius 2 is 1.78 bits per heavy atom. The van der Waals surface area contributed by atoms with Crippen LogP contribution < -0.4 is 23.9 Å². The number of nitro benzene ring substituents is 1. The molecule has 0 saturated heterocycles. The molecule has 4 aromatic carbocycles. The van der Waals surface area contributed by atoms with Crippen LogP contribution in [0, 0.1) is 17.0 Å². The zero-order valence-electron chi connectivity index (χ0n) is 24.8. The van der Waals surface area contributed by atoms with Crippen LogP contribution in [0.1, 0.15) is 16.7 Å². The third-order valence-corrected chi connectivity index (χ3v) is 9.33. The van der Waals surface area contributed by atoms with Crippen LogP contribution in [-0.2, 0) is 21.4 Å². The lowest BCUT2D eigenvalue weighted by atomic mass is 10.2. The number of ether oxygens (including phenoxy) is 3. The molecular weight excluding hydrogens is 704 g/mol. The second-order valence-corrected chi connectivity index (χ2v) is 12.7. The van der Waals surface area contributed by atoms with E-state index in [4.69, 9.17) is 25.8 Å². The third-order valence-electron chi connectivity index (χ3n) is 6.60. The number of nitrogens with zero attached hydrogens (tertiary/aromatic N) is 3. The first kappa shape index (κ1) is 34.2. The number of carbonyl (C=O) groups excluding carboxylic acids is 1. The van der Waals surface area contributed by atoms with Gasteiger partial charge >= 0.3 is 0 Å². The quantitative estimate of drug-likeness (QED) is 0.0962. The summed E-state index contributed by atoms with van der Waals surface area (Å²) in [7, 11) is -1.51. The number of benzene rings is 4. The fourth-order valence-corrected chi connectivity index (χ4v) is 6.41. The number of hydrogen-bond acceptors (Lipinski definition) is 9. The van der Waals surface area contributed by atoms with Gasteiger partial charge in [-0.15, -0.1) is 0 Å². The SMILES string of the molecule is COc1ccc(N(CC(=O)N/N=C\c2cc(Br)c(OCc3ccccc3Cl)c(OC)c2)S(=O)(=O)c2ccc(C)c([N+](=O)[O-])c2)cc1. The molecule has 4 rings (SSSR count). The highest BCUT2D eigenvalue weighted by Gasteiger charge is 2.29. The fourth-order valence-electron chi connectivity index (χ4n) is 4.20. The Balaban J connectivity index is 1.54. The van der Waals surface area contributed by atoms with Gasteiger partial charge in [-0.25, -0.2) is 13.8 Å². The van der Waals surface area contributed by atoms with Crippen LogP contribution in [-0.4, -0.2) is 46.2 Å². The van der Waals surface area contributed by atoms with Crippen LogP contribution in [0.15, 0.2) is 93.3 Å².